The lowest BCUT2D eigenvalue weighted by Gasteiger charge is -2.51. The summed E-state index contributed by atoms with van der Waals surface area (Å²) in [6, 6.07) is -1.21. The van der Waals surface area contributed by atoms with Crippen molar-refractivity contribution >= 4 is 23.4 Å². The van der Waals surface area contributed by atoms with Gasteiger partial charge in [-0.05, 0) is 95.5 Å². The van der Waals surface area contributed by atoms with Gasteiger partial charge >= 0.3 is 5.97 Å². The lowest BCUT2D eigenvalue weighted by atomic mass is 9.80. The topological polar surface area (TPSA) is 230 Å². The number of amides is 1. The molecule has 15 heteroatoms. The first kappa shape index (κ1) is 50.5. The molecule has 336 valence electrons. The van der Waals surface area contributed by atoms with Gasteiger partial charge in [0.1, 0.15) is 30.1 Å². The van der Waals surface area contributed by atoms with Crippen molar-refractivity contribution in [3.8, 4) is 0 Å². The van der Waals surface area contributed by atoms with Gasteiger partial charge in [0.05, 0.1) is 18.3 Å². The number of Topliss-reactive ketones (excluding diaryl/α,β-unsaturated/α-hetero) is 2. The molecule has 3 fully saturated rings. The zero-order valence-electron chi connectivity index (χ0n) is 36.3. The molecular weight excluding hydrogens is 766 g/mol. The fourth-order valence-electron chi connectivity index (χ4n) is 9.47. The first-order chi connectivity index (χ1) is 27.3. The van der Waals surface area contributed by atoms with E-state index in [4.69, 9.17) is 23.7 Å². The third-order valence-electron chi connectivity index (χ3n) is 13.0. The number of allylic oxidation sites excluding steroid dienone is 4. The van der Waals surface area contributed by atoms with Crippen molar-refractivity contribution in [3.63, 3.8) is 0 Å². The maximum atomic E-state index is 14.3. The van der Waals surface area contributed by atoms with Crippen LogP contribution in [0, 0.1) is 29.6 Å². The molecule has 59 heavy (non-hydrogen) atoms. The number of carbonyl (C=O) groups is 4. The van der Waals surface area contributed by atoms with E-state index in [1.807, 2.05) is 26.0 Å². The number of nitrogens with zero attached hydrogens (tertiary/aromatic N) is 1. The van der Waals surface area contributed by atoms with Gasteiger partial charge in [0.2, 0.25) is 11.6 Å². The molecular formula is C44H71NO14. The maximum absolute atomic E-state index is 14.3. The number of piperidine rings is 1. The number of carbonyl (C=O) groups excluding carboxylic acids is 4. The van der Waals surface area contributed by atoms with Gasteiger partial charge in [-0.1, -0.05) is 44.6 Å². The molecule has 2 bridgehead atoms. The SMILES string of the molecule is C=CC[C@@H]1/C=C(\C)C[C@H](C)C[C@H](OC)[C@@]2(O)O[C@@](O)(C(=O)C(=O)N3CCCC[C@H]3C(=O)O[C@H](/C(C)=C/[C@@H]3CC[C@@H](O)[C@H](OC)C3)[C@H](C)[C@@H](O)CC1=O)[C@H](C)C[C@@H]2OC.O. The third-order valence-corrected chi connectivity index (χ3v) is 13.0. The first-order valence-corrected chi connectivity index (χ1v) is 21.0. The van der Waals surface area contributed by atoms with Crippen LogP contribution in [0.25, 0.3) is 0 Å². The van der Waals surface area contributed by atoms with Crippen molar-refractivity contribution in [1.82, 2.24) is 4.90 Å². The van der Waals surface area contributed by atoms with Crippen LogP contribution in [0.15, 0.2) is 36.0 Å². The monoisotopic (exact) mass is 837 g/mol. The van der Waals surface area contributed by atoms with E-state index in [2.05, 4.69) is 6.58 Å². The lowest BCUT2D eigenvalue weighted by Crippen LogP contribution is -2.70. The predicted molar refractivity (Wildman–Crippen MR) is 217 cm³/mol. The van der Waals surface area contributed by atoms with Crippen molar-refractivity contribution in [3.05, 3.63) is 36.0 Å². The summed E-state index contributed by atoms with van der Waals surface area (Å²) >= 11 is 0. The summed E-state index contributed by atoms with van der Waals surface area (Å²) in [4.78, 5) is 57.8. The Morgan fingerprint density at radius 3 is 2.22 bits per heavy atom. The van der Waals surface area contributed by atoms with Gasteiger partial charge in [0, 0.05) is 52.0 Å². The average Bonchev–Trinajstić information content (AvgIpc) is 3.19. The number of hydrogen-bond donors (Lipinski definition) is 4. The van der Waals surface area contributed by atoms with Gasteiger partial charge in [-0.15, -0.1) is 6.58 Å². The minimum absolute atomic E-state index is 0. The summed E-state index contributed by atoms with van der Waals surface area (Å²) in [6.07, 6.45) is 3.66. The Morgan fingerprint density at radius 1 is 0.932 bits per heavy atom. The van der Waals surface area contributed by atoms with Gasteiger partial charge in [0.25, 0.3) is 11.7 Å². The number of methoxy groups -OCH3 is 3. The maximum Gasteiger partial charge on any atom is 0.329 e. The number of esters is 1. The summed E-state index contributed by atoms with van der Waals surface area (Å²) in [5, 5.41) is 46.3. The highest BCUT2D eigenvalue weighted by Gasteiger charge is 2.63. The Balaban J connectivity index is 0.00000930. The molecule has 0 radical (unpaired) electrons. The molecule has 6 N–H and O–H groups in total. The summed E-state index contributed by atoms with van der Waals surface area (Å²) in [5.41, 5.74) is 1.49. The Morgan fingerprint density at radius 2 is 1.59 bits per heavy atom. The smallest absolute Gasteiger partial charge is 0.329 e. The molecule has 1 aliphatic carbocycles. The van der Waals surface area contributed by atoms with Crippen LogP contribution in [0.5, 0.6) is 0 Å². The van der Waals surface area contributed by atoms with Crippen LogP contribution in [-0.2, 0) is 42.9 Å². The molecule has 3 heterocycles. The molecule has 1 saturated carbocycles. The standard InChI is InChI=1S/C44H69NO13.H2O/c1-10-13-31-19-25(2)18-26(3)20-37(55-8)44(53)38(56-9)22-28(5)43(52,58-44)40(49)41(50)45-17-12-11-14-32(45)42(51)57-39(29(6)34(47)24-35(31)48)27(4)21-30-15-16-33(46)36(23-30)54-7;/h10,19,21,26,28-34,36-39,46-47,52-53H,1,11-18,20,22-24H2,2-9H3;1H2/b25-19+,27-21+;/t26-,28+,29+,30-,31+,32-,33+,34-,36+,37-,38-,39+,43+,44+;/m0./s1. The zero-order chi connectivity index (χ0) is 43.1. The van der Waals surface area contributed by atoms with Crippen LogP contribution in [0.4, 0.5) is 0 Å². The zero-order valence-corrected chi connectivity index (χ0v) is 36.3. The number of ketones is 2. The molecule has 15 nitrogen and oxygen atoms in total. The molecule has 4 aliphatic rings. The molecule has 14 atom stereocenters. The average molecular weight is 838 g/mol. The van der Waals surface area contributed by atoms with Gasteiger partial charge < -0.3 is 54.5 Å². The van der Waals surface area contributed by atoms with E-state index in [0.29, 0.717) is 50.5 Å². The molecule has 0 aromatic heterocycles. The summed E-state index contributed by atoms with van der Waals surface area (Å²) < 4.78 is 29.2. The van der Waals surface area contributed by atoms with Crippen LogP contribution < -0.4 is 0 Å². The van der Waals surface area contributed by atoms with Gasteiger partial charge in [-0.25, -0.2) is 4.79 Å². The van der Waals surface area contributed by atoms with Crippen molar-refractivity contribution in [2.24, 2.45) is 29.6 Å². The fourth-order valence-corrected chi connectivity index (χ4v) is 9.47. The van der Waals surface area contributed by atoms with E-state index in [-0.39, 0.29) is 61.4 Å². The second-order valence-corrected chi connectivity index (χ2v) is 17.4. The number of cyclic esters (lactones) is 1. The van der Waals surface area contributed by atoms with Crippen molar-refractivity contribution in [2.45, 2.75) is 159 Å². The Bertz CT molecular complexity index is 1530. The second-order valence-electron chi connectivity index (χ2n) is 17.4. The van der Waals surface area contributed by atoms with Gasteiger partial charge in [-0.2, -0.15) is 0 Å². The molecule has 2 saturated heterocycles. The van der Waals surface area contributed by atoms with E-state index in [1.165, 1.54) is 21.1 Å². The first-order valence-electron chi connectivity index (χ1n) is 21.0. The summed E-state index contributed by atoms with van der Waals surface area (Å²) in [6.45, 7) is 12.7. The van der Waals surface area contributed by atoms with Crippen LogP contribution in [0.2, 0.25) is 0 Å². The Hall–Kier alpha value is -2.86. The highest BCUT2D eigenvalue weighted by molar-refractivity contribution is 6.39. The van der Waals surface area contributed by atoms with Crippen molar-refractivity contribution in [2.75, 3.05) is 27.9 Å². The molecule has 3 aliphatic heterocycles. The molecule has 4 rings (SSSR count). The molecule has 1 amide bonds. The van der Waals surface area contributed by atoms with Crippen LogP contribution >= 0.6 is 0 Å². The van der Waals surface area contributed by atoms with E-state index in [9.17, 15) is 39.6 Å². The van der Waals surface area contributed by atoms with Gasteiger partial charge in [-0.3, -0.25) is 14.4 Å². The highest BCUT2D eigenvalue weighted by atomic mass is 16.7. The fraction of sp³-hybridized carbons (Fsp3) is 0.773. The number of aliphatic hydroxyl groups excluding tert-OH is 2. The minimum Gasteiger partial charge on any atom is -0.456 e. The third kappa shape index (κ3) is 11.5. The summed E-state index contributed by atoms with van der Waals surface area (Å²) in [5.74, 6) is -11.3. The lowest BCUT2D eigenvalue weighted by molar-refractivity contribution is -0.410. The molecule has 0 unspecified atom stereocenters. The van der Waals surface area contributed by atoms with Gasteiger partial charge in [0.15, 0.2) is 0 Å². The largest absolute Gasteiger partial charge is 0.456 e. The van der Waals surface area contributed by atoms with Crippen LogP contribution in [0.3, 0.4) is 0 Å². The normalized spacial score (nSPS) is 41.1. The van der Waals surface area contributed by atoms with Crippen LogP contribution in [0.1, 0.15) is 105 Å². The predicted octanol–water partition coefficient (Wildman–Crippen LogP) is 3.13. The molecule has 0 spiro atoms. The van der Waals surface area contributed by atoms with Crippen LogP contribution in [-0.4, -0.2) is 136 Å². The molecule has 0 aromatic rings. The van der Waals surface area contributed by atoms with E-state index in [1.54, 1.807) is 27.0 Å². The Kier molecular flexibility index (Phi) is 18.6. The minimum atomic E-state index is -2.80. The quantitative estimate of drug-likeness (QED) is 0.164. The molecule has 0 aromatic carbocycles. The van der Waals surface area contributed by atoms with E-state index < -0.39 is 83.5 Å². The Labute approximate surface area is 349 Å². The van der Waals surface area contributed by atoms with Crippen molar-refractivity contribution in [1.29, 1.82) is 0 Å². The highest BCUT2D eigenvalue weighted by Crippen LogP contribution is 2.44. The number of ether oxygens (including phenoxy) is 5. The number of aliphatic hydroxyl groups is 4. The number of hydrogen-bond acceptors (Lipinski definition) is 13. The summed E-state index contributed by atoms with van der Waals surface area (Å²) in [7, 11) is 4.29. The number of rotatable bonds is 7. The second kappa shape index (κ2) is 21.8. The van der Waals surface area contributed by atoms with Crippen molar-refractivity contribution < 1.29 is 68.8 Å². The van der Waals surface area contributed by atoms with E-state index in [0.717, 1.165) is 10.5 Å². The van der Waals surface area contributed by atoms with E-state index >= 15 is 0 Å². The number of fused-ring (bicyclic) bond motifs is 3.